The second-order valence-electron chi connectivity index (χ2n) is 6.30. The topological polar surface area (TPSA) is 89.9 Å². The molecule has 142 valence electrons. The Morgan fingerprint density at radius 3 is 2.63 bits per heavy atom. The molecule has 0 saturated carbocycles. The number of carbonyl (C=O) groups excluding carboxylic acids is 2. The van der Waals surface area contributed by atoms with Gasteiger partial charge in [0.15, 0.2) is 6.61 Å². The Bertz CT molecular complexity index is 861. The lowest BCUT2D eigenvalue weighted by atomic mass is 10.2. The number of rotatable bonds is 6. The molecular formula is C19H21N3O5. The van der Waals surface area contributed by atoms with Gasteiger partial charge in [-0.15, -0.1) is 0 Å². The van der Waals surface area contributed by atoms with Gasteiger partial charge in [-0.2, -0.15) is 0 Å². The van der Waals surface area contributed by atoms with E-state index in [1.54, 1.807) is 23.9 Å². The number of anilines is 1. The molecule has 1 aliphatic heterocycles. The quantitative estimate of drug-likeness (QED) is 0.834. The molecule has 1 aliphatic rings. The van der Waals surface area contributed by atoms with E-state index in [-0.39, 0.29) is 11.6 Å². The predicted octanol–water partition coefficient (Wildman–Crippen LogP) is 1.63. The van der Waals surface area contributed by atoms with Crippen LogP contribution in [0.15, 0.2) is 53.5 Å². The molecule has 2 aromatic rings. The molecule has 1 aromatic carbocycles. The Morgan fingerprint density at radius 2 is 2.00 bits per heavy atom. The maximum Gasteiger partial charge on any atom is 0.410 e. The van der Waals surface area contributed by atoms with Crippen molar-refractivity contribution in [1.29, 1.82) is 0 Å². The molecule has 1 aromatic heterocycles. The first-order valence-electron chi connectivity index (χ1n) is 8.54. The summed E-state index contributed by atoms with van der Waals surface area (Å²) in [5.41, 5.74) is 1.09. The molecule has 1 fully saturated rings. The lowest BCUT2D eigenvalue weighted by Crippen LogP contribution is -2.37. The van der Waals surface area contributed by atoms with Gasteiger partial charge in [0.05, 0.1) is 19.3 Å². The minimum absolute atomic E-state index is 0.0448. The van der Waals surface area contributed by atoms with Crippen LogP contribution in [0.5, 0.6) is 0 Å². The molecule has 0 unspecified atom stereocenters. The van der Waals surface area contributed by atoms with Gasteiger partial charge in [-0.3, -0.25) is 9.59 Å². The number of hydrogen-bond donors (Lipinski definition) is 1. The van der Waals surface area contributed by atoms with Crippen molar-refractivity contribution in [1.82, 2.24) is 9.47 Å². The number of nitrogens with one attached hydrogen (secondary N) is 1. The average molecular weight is 371 g/mol. The first-order chi connectivity index (χ1) is 13.0. The Balaban J connectivity index is 1.47. The van der Waals surface area contributed by atoms with Crippen molar-refractivity contribution in [2.45, 2.75) is 12.6 Å². The molecule has 0 bridgehead atoms. The standard InChI is InChI=1S/C19H21N3O5/c1-21(10-14-5-3-2-4-6-14)19(25)27-13-17(23)20-15-7-8-22(18(24)9-15)16-11-26-12-16/h2-9,16H,10-13H2,1H3,(H,20,23). The van der Waals surface area contributed by atoms with Gasteiger partial charge in [0.25, 0.3) is 11.5 Å². The summed E-state index contributed by atoms with van der Waals surface area (Å²) >= 11 is 0. The molecule has 27 heavy (non-hydrogen) atoms. The highest BCUT2D eigenvalue weighted by atomic mass is 16.6. The minimum atomic E-state index is -0.602. The molecule has 0 spiro atoms. The average Bonchev–Trinajstić information content (AvgIpc) is 2.61. The molecule has 1 N–H and O–H groups in total. The van der Waals surface area contributed by atoms with Crippen LogP contribution in [-0.4, -0.2) is 48.3 Å². The lowest BCUT2D eigenvalue weighted by Gasteiger charge is -2.27. The van der Waals surface area contributed by atoms with Crippen LogP contribution in [-0.2, 0) is 20.8 Å². The molecule has 3 rings (SSSR count). The van der Waals surface area contributed by atoms with Gasteiger partial charge in [0, 0.05) is 31.5 Å². The molecule has 8 heteroatoms. The van der Waals surface area contributed by atoms with Crippen LogP contribution >= 0.6 is 0 Å². The number of aromatic nitrogens is 1. The highest BCUT2D eigenvalue weighted by Crippen LogP contribution is 2.15. The summed E-state index contributed by atoms with van der Waals surface area (Å²) in [6, 6.07) is 12.5. The second-order valence-corrected chi connectivity index (χ2v) is 6.30. The van der Waals surface area contributed by atoms with E-state index in [0.29, 0.717) is 25.4 Å². The number of ether oxygens (including phenoxy) is 2. The summed E-state index contributed by atoms with van der Waals surface area (Å²) in [6.45, 7) is 0.970. The smallest absolute Gasteiger partial charge is 0.410 e. The third-order valence-corrected chi connectivity index (χ3v) is 4.15. The van der Waals surface area contributed by atoms with E-state index in [4.69, 9.17) is 9.47 Å². The van der Waals surface area contributed by atoms with E-state index < -0.39 is 18.6 Å². The van der Waals surface area contributed by atoms with Gasteiger partial charge in [0.2, 0.25) is 0 Å². The summed E-state index contributed by atoms with van der Waals surface area (Å²) in [7, 11) is 1.59. The van der Waals surface area contributed by atoms with Gasteiger partial charge in [0.1, 0.15) is 0 Å². The van der Waals surface area contributed by atoms with Gasteiger partial charge >= 0.3 is 6.09 Å². The summed E-state index contributed by atoms with van der Waals surface area (Å²) < 4.78 is 11.6. The Hall–Kier alpha value is -3.13. The van der Waals surface area contributed by atoms with Crippen molar-refractivity contribution in [2.24, 2.45) is 0 Å². The van der Waals surface area contributed by atoms with Crippen molar-refractivity contribution in [3.05, 3.63) is 64.6 Å². The maximum atomic E-state index is 12.0. The number of pyridine rings is 1. The Kier molecular flexibility index (Phi) is 5.87. The number of nitrogens with zero attached hydrogens (tertiary/aromatic N) is 2. The highest BCUT2D eigenvalue weighted by Gasteiger charge is 2.21. The van der Waals surface area contributed by atoms with E-state index in [0.717, 1.165) is 5.56 Å². The maximum absolute atomic E-state index is 12.0. The SMILES string of the molecule is CN(Cc1ccccc1)C(=O)OCC(=O)Nc1ccn(C2COC2)c(=O)c1. The third kappa shape index (κ3) is 4.95. The van der Waals surface area contributed by atoms with Gasteiger partial charge in [-0.05, 0) is 11.6 Å². The largest absolute Gasteiger partial charge is 0.439 e. The van der Waals surface area contributed by atoms with E-state index in [2.05, 4.69) is 5.32 Å². The van der Waals surface area contributed by atoms with Crippen LogP contribution in [0.4, 0.5) is 10.5 Å². The fourth-order valence-corrected chi connectivity index (χ4v) is 2.61. The fourth-order valence-electron chi connectivity index (χ4n) is 2.61. The molecule has 2 amide bonds. The van der Waals surface area contributed by atoms with Crippen LogP contribution in [0.2, 0.25) is 0 Å². The minimum Gasteiger partial charge on any atom is -0.439 e. The van der Waals surface area contributed by atoms with Crippen molar-refractivity contribution in [2.75, 3.05) is 32.2 Å². The van der Waals surface area contributed by atoms with Crippen molar-refractivity contribution in [3.8, 4) is 0 Å². The summed E-state index contributed by atoms with van der Waals surface area (Å²) in [4.78, 5) is 37.4. The zero-order valence-electron chi connectivity index (χ0n) is 15.0. The fraction of sp³-hybridized carbons (Fsp3) is 0.316. The third-order valence-electron chi connectivity index (χ3n) is 4.15. The predicted molar refractivity (Wildman–Crippen MR) is 98.4 cm³/mol. The number of benzene rings is 1. The lowest BCUT2D eigenvalue weighted by molar-refractivity contribution is -0.119. The molecule has 0 radical (unpaired) electrons. The number of hydrogen-bond acceptors (Lipinski definition) is 5. The Morgan fingerprint density at radius 1 is 1.26 bits per heavy atom. The van der Waals surface area contributed by atoms with Crippen LogP contribution in [0, 0.1) is 0 Å². The van der Waals surface area contributed by atoms with Crippen LogP contribution in [0.25, 0.3) is 0 Å². The molecule has 0 atom stereocenters. The van der Waals surface area contributed by atoms with Crippen LogP contribution in [0.3, 0.4) is 0 Å². The Labute approximate surface area is 156 Å². The number of carbonyl (C=O) groups is 2. The first-order valence-corrected chi connectivity index (χ1v) is 8.54. The van der Waals surface area contributed by atoms with E-state index in [9.17, 15) is 14.4 Å². The van der Waals surface area contributed by atoms with Crippen molar-refractivity contribution >= 4 is 17.7 Å². The normalized spacial score (nSPS) is 13.5. The van der Waals surface area contributed by atoms with Gasteiger partial charge < -0.3 is 24.3 Å². The number of amides is 2. The molecule has 0 aliphatic carbocycles. The van der Waals surface area contributed by atoms with Crippen LogP contribution < -0.4 is 10.9 Å². The zero-order valence-corrected chi connectivity index (χ0v) is 15.0. The van der Waals surface area contributed by atoms with Gasteiger partial charge in [-0.1, -0.05) is 30.3 Å². The van der Waals surface area contributed by atoms with Crippen LogP contribution in [0.1, 0.15) is 11.6 Å². The molecular weight excluding hydrogens is 350 g/mol. The summed E-state index contributed by atoms with van der Waals surface area (Å²) in [5, 5.41) is 2.55. The monoisotopic (exact) mass is 371 g/mol. The van der Waals surface area contributed by atoms with E-state index >= 15 is 0 Å². The van der Waals surface area contributed by atoms with E-state index in [1.807, 2.05) is 30.3 Å². The highest BCUT2D eigenvalue weighted by molar-refractivity contribution is 5.92. The summed E-state index contributed by atoms with van der Waals surface area (Å²) in [6.07, 6.45) is 1.01. The van der Waals surface area contributed by atoms with Gasteiger partial charge in [-0.25, -0.2) is 4.79 Å². The zero-order chi connectivity index (χ0) is 19.2. The second kappa shape index (κ2) is 8.50. The van der Waals surface area contributed by atoms with Crippen molar-refractivity contribution < 1.29 is 19.1 Å². The molecule has 2 heterocycles. The summed E-state index contributed by atoms with van der Waals surface area (Å²) in [5.74, 6) is -0.513. The molecule has 1 saturated heterocycles. The van der Waals surface area contributed by atoms with Crippen molar-refractivity contribution in [3.63, 3.8) is 0 Å². The first kappa shape index (κ1) is 18.7. The molecule has 8 nitrogen and oxygen atoms in total. The van der Waals surface area contributed by atoms with E-state index in [1.165, 1.54) is 11.0 Å².